The zero-order valence-electron chi connectivity index (χ0n) is 16.0. The van der Waals surface area contributed by atoms with Gasteiger partial charge in [0.25, 0.3) is 6.02 Å². The maximum absolute atomic E-state index is 13.0. The summed E-state index contributed by atoms with van der Waals surface area (Å²) in [6.45, 7) is 0.793. The van der Waals surface area contributed by atoms with Crippen LogP contribution in [0, 0.1) is 16.6 Å². The van der Waals surface area contributed by atoms with Crippen LogP contribution in [-0.4, -0.2) is 43.6 Å². The number of ether oxygens (including phenoxy) is 3. The molecule has 3 rings (SSSR count). The molecule has 1 aliphatic rings. The molecule has 3 N–H and O–H groups in total. The summed E-state index contributed by atoms with van der Waals surface area (Å²) in [5, 5.41) is 17.9. The summed E-state index contributed by atoms with van der Waals surface area (Å²) >= 11 is 0. The van der Waals surface area contributed by atoms with Crippen molar-refractivity contribution in [2.75, 3.05) is 20.8 Å². The van der Waals surface area contributed by atoms with Gasteiger partial charge in [0.15, 0.2) is 11.5 Å². The fourth-order valence-electron chi connectivity index (χ4n) is 3.02. The molecular weight excluding hydrogens is 379 g/mol. The quantitative estimate of drug-likeness (QED) is 0.544. The Morgan fingerprint density at radius 1 is 1.07 bits per heavy atom. The largest absolute Gasteiger partial charge is 0.493 e. The average Bonchev–Trinajstić information content (AvgIpc) is 2.72. The number of nitrogens with one attached hydrogen (secondary N) is 3. The Labute approximate surface area is 167 Å². The van der Waals surface area contributed by atoms with Crippen molar-refractivity contribution in [2.24, 2.45) is 0 Å². The van der Waals surface area contributed by atoms with Crippen LogP contribution < -0.4 is 14.8 Å². The number of carbonyl (C=O) groups excluding carboxylic acids is 1. The van der Waals surface area contributed by atoms with Crippen molar-refractivity contribution >= 4 is 18.0 Å². The van der Waals surface area contributed by atoms with E-state index in [0.717, 1.165) is 11.1 Å². The number of amidine groups is 1. The lowest BCUT2D eigenvalue weighted by molar-refractivity contribution is 0.195. The Kier molecular flexibility index (Phi) is 5.96. The van der Waals surface area contributed by atoms with Crippen LogP contribution in [0.5, 0.6) is 11.5 Å². The second kappa shape index (κ2) is 8.59. The minimum absolute atomic E-state index is 0.290. The number of hydrogen-bond acceptors (Lipinski definition) is 6. The number of halogens is 1. The van der Waals surface area contributed by atoms with Gasteiger partial charge in [0, 0.05) is 18.7 Å². The molecule has 0 radical (unpaired) electrons. The van der Waals surface area contributed by atoms with Crippen LogP contribution in [0.25, 0.3) is 0 Å². The Bertz CT molecular complexity index is 946. The van der Waals surface area contributed by atoms with Crippen molar-refractivity contribution in [3.63, 3.8) is 0 Å². The van der Waals surface area contributed by atoms with Crippen molar-refractivity contribution in [1.29, 1.82) is 10.8 Å². The molecular formula is C20H21FN4O4. The summed E-state index contributed by atoms with van der Waals surface area (Å²) in [5.41, 5.74) is 2.28. The first-order chi connectivity index (χ1) is 13.9. The first kappa shape index (κ1) is 20.1. The molecule has 9 heteroatoms. The maximum Gasteiger partial charge on any atom is 0.325 e. The highest BCUT2D eigenvalue weighted by Gasteiger charge is 2.24. The second-order valence-electron chi connectivity index (χ2n) is 6.34. The van der Waals surface area contributed by atoms with Gasteiger partial charge in [-0.2, -0.15) is 0 Å². The number of rotatable bonds is 3. The highest BCUT2D eigenvalue weighted by molar-refractivity contribution is 6.02. The van der Waals surface area contributed by atoms with Gasteiger partial charge >= 0.3 is 6.03 Å². The molecule has 2 aromatic rings. The fourth-order valence-corrected chi connectivity index (χ4v) is 3.02. The monoisotopic (exact) mass is 400 g/mol. The van der Waals surface area contributed by atoms with E-state index in [1.54, 1.807) is 14.2 Å². The highest BCUT2D eigenvalue weighted by atomic mass is 19.1. The van der Waals surface area contributed by atoms with E-state index in [2.05, 4.69) is 5.32 Å². The van der Waals surface area contributed by atoms with Gasteiger partial charge in [-0.05, 0) is 53.9 Å². The second-order valence-corrected chi connectivity index (χ2v) is 6.34. The molecule has 0 aromatic heterocycles. The van der Waals surface area contributed by atoms with E-state index < -0.39 is 17.9 Å². The van der Waals surface area contributed by atoms with Crippen LogP contribution >= 0.6 is 0 Å². The molecule has 8 nitrogen and oxygen atoms in total. The van der Waals surface area contributed by atoms with E-state index in [1.165, 1.54) is 29.2 Å². The standard InChI is InChI=1S/C20H21FN4O4/c1-27-16-9-13-7-8-25(11-14(13)10-17(16)28-2)20(26)24-19(23)29-18(22)12-3-5-15(21)6-4-12/h3-6,9-10,22H,7-8,11H2,1-2H3,(H2,23,24,26). The Morgan fingerprint density at radius 3 is 2.31 bits per heavy atom. The molecule has 2 aromatic carbocycles. The number of hydrogen-bond donors (Lipinski definition) is 3. The number of methoxy groups -OCH3 is 2. The summed E-state index contributed by atoms with van der Waals surface area (Å²) in [5.74, 6) is 0.414. The summed E-state index contributed by atoms with van der Waals surface area (Å²) < 4.78 is 28.6. The number of urea groups is 1. The number of carbonyl (C=O) groups is 1. The van der Waals surface area contributed by atoms with Gasteiger partial charge in [0.05, 0.1) is 14.2 Å². The number of benzene rings is 2. The molecule has 0 bridgehead atoms. The highest BCUT2D eigenvalue weighted by Crippen LogP contribution is 2.33. The first-order valence-electron chi connectivity index (χ1n) is 8.82. The molecule has 0 saturated heterocycles. The van der Waals surface area contributed by atoms with Crippen molar-refractivity contribution < 1.29 is 23.4 Å². The van der Waals surface area contributed by atoms with Crippen LogP contribution in [0.2, 0.25) is 0 Å². The topological polar surface area (TPSA) is 108 Å². The van der Waals surface area contributed by atoms with Gasteiger partial charge < -0.3 is 19.1 Å². The number of amides is 2. The molecule has 0 spiro atoms. The zero-order valence-corrected chi connectivity index (χ0v) is 16.0. The lowest BCUT2D eigenvalue weighted by Crippen LogP contribution is -2.45. The third-order valence-electron chi connectivity index (χ3n) is 4.54. The summed E-state index contributed by atoms with van der Waals surface area (Å²) in [6, 6.07) is 7.72. The molecule has 1 aliphatic heterocycles. The van der Waals surface area contributed by atoms with Crippen LogP contribution in [0.3, 0.4) is 0 Å². The van der Waals surface area contributed by atoms with Gasteiger partial charge in [-0.15, -0.1) is 0 Å². The van der Waals surface area contributed by atoms with E-state index in [1.807, 2.05) is 12.1 Å². The summed E-state index contributed by atoms with van der Waals surface area (Å²) in [4.78, 5) is 14.0. The van der Waals surface area contributed by atoms with E-state index >= 15 is 0 Å². The Hall–Kier alpha value is -3.62. The molecule has 0 aliphatic carbocycles. The zero-order chi connectivity index (χ0) is 21.0. The Morgan fingerprint density at radius 2 is 1.69 bits per heavy atom. The minimum atomic E-state index is -0.581. The van der Waals surface area contributed by atoms with Gasteiger partial charge in [0.2, 0.25) is 5.90 Å². The predicted octanol–water partition coefficient (Wildman–Crippen LogP) is 2.89. The molecule has 152 valence electrons. The van der Waals surface area contributed by atoms with Gasteiger partial charge in [-0.3, -0.25) is 16.1 Å². The molecule has 0 fully saturated rings. The van der Waals surface area contributed by atoms with Crippen LogP contribution in [0.1, 0.15) is 16.7 Å². The molecule has 1 heterocycles. The maximum atomic E-state index is 13.0. The van der Waals surface area contributed by atoms with Gasteiger partial charge in [-0.25, -0.2) is 9.18 Å². The molecule has 0 atom stereocenters. The fraction of sp³-hybridized carbons (Fsp3) is 0.250. The lowest BCUT2D eigenvalue weighted by Gasteiger charge is -2.29. The summed E-state index contributed by atoms with van der Waals surface area (Å²) in [6.07, 6.45) is 0.628. The predicted molar refractivity (Wildman–Crippen MR) is 104 cm³/mol. The van der Waals surface area contributed by atoms with Crippen molar-refractivity contribution in [2.45, 2.75) is 13.0 Å². The normalized spacial score (nSPS) is 12.6. The van der Waals surface area contributed by atoms with Gasteiger partial charge in [0.1, 0.15) is 5.82 Å². The average molecular weight is 400 g/mol. The van der Waals surface area contributed by atoms with Crippen molar-refractivity contribution in [1.82, 2.24) is 10.2 Å². The van der Waals surface area contributed by atoms with E-state index in [9.17, 15) is 9.18 Å². The third kappa shape index (κ3) is 4.63. The first-order valence-corrected chi connectivity index (χ1v) is 8.82. The van der Waals surface area contributed by atoms with E-state index in [4.69, 9.17) is 25.0 Å². The number of nitrogens with zero attached hydrogens (tertiary/aromatic N) is 1. The van der Waals surface area contributed by atoms with Gasteiger partial charge in [-0.1, -0.05) is 0 Å². The molecule has 29 heavy (non-hydrogen) atoms. The Balaban J connectivity index is 1.60. The minimum Gasteiger partial charge on any atom is -0.493 e. The van der Waals surface area contributed by atoms with E-state index in [0.29, 0.717) is 36.6 Å². The molecule has 0 unspecified atom stereocenters. The van der Waals surface area contributed by atoms with Crippen molar-refractivity contribution in [3.05, 3.63) is 58.9 Å². The van der Waals surface area contributed by atoms with Crippen LogP contribution in [-0.2, 0) is 17.7 Å². The van der Waals surface area contributed by atoms with Crippen LogP contribution in [0.15, 0.2) is 36.4 Å². The SMILES string of the molecule is COc1cc2c(cc1OC)CN(C(=O)NC(=N)OC(=N)c1ccc(F)cc1)CC2. The third-order valence-corrected chi connectivity index (χ3v) is 4.54. The van der Waals surface area contributed by atoms with E-state index in [-0.39, 0.29) is 5.90 Å². The number of fused-ring (bicyclic) bond motifs is 1. The molecule has 0 saturated carbocycles. The smallest absolute Gasteiger partial charge is 0.325 e. The summed E-state index contributed by atoms with van der Waals surface area (Å²) in [7, 11) is 3.12. The lowest BCUT2D eigenvalue weighted by atomic mass is 9.99. The molecule has 2 amide bonds. The van der Waals surface area contributed by atoms with Crippen LogP contribution in [0.4, 0.5) is 9.18 Å². The van der Waals surface area contributed by atoms with Crippen molar-refractivity contribution in [3.8, 4) is 11.5 Å².